The number of anilines is 1. The summed E-state index contributed by atoms with van der Waals surface area (Å²) in [5, 5.41) is 13.8. The van der Waals surface area contributed by atoms with E-state index in [1.807, 2.05) is 6.07 Å². The predicted octanol–water partition coefficient (Wildman–Crippen LogP) is 1.01. The minimum absolute atomic E-state index is 0.0675. The highest BCUT2D eigenvalue weighted by Gasteiger charge is 2.15. The van der Waals surface area contributed by atoms with E-state index in [9.17, 15) is 16.8 Å². The number of nitriles is 1. The van der Waals surface area contributed by atoms with E-state index >= 15 is 0 Å². The second-order valence-electron chi connectivity index (χ2n) is 4.31. The van der Waals surface area contributed by atoms with Gasteiger partial charge in [-0.25, -0.2) is 22.0 Å². The molecule has 9 heteroatoms. The van der Waals surface area contributed by atoms with Gasteiger partial charge in [0.1, 0.15) is 0 Å². The zero-order valence-corrected chi connectivity index (χ0v) is 12.7. The molecule has 0 aliphatic heterocycles. The normalized spacial score (nSPS) is 11.6. The maximum atomic E-state index is 12.2. The van der Waals surface area contributed by atoms with Crippen LogP contribution in [0.2, 0.25) is 0 Å². The van der Waals surface area contributed by atoms with Crippen molar-refractivity contribution in [1.82, 2.24) is 0 Å². The summed E-state index contributed by atoms with van der Waals surface area (Å²) >= 11 is 0. The Labute approximate surface area is 128 Å². The van der Waals surface area contributed by atoms with Crippen LogP contribution in [0.1, 0.15) is 5.56 Å². The van der Waals surface area contributed by atoms with Gasteiger partial charge in [-0.3, -0.25) is 4.72 Å². The lowest BCUT2D eigenvalue weighted by molar-refractivity contribution is 0.597. The first-order valence-corrected chi connectivity index (χ1v) is 8.91. The van der Waals surface area contributed by atoms with Gasteiger partial charge in [-0.05, 0) is 42.5 Å². The van der Waals surface area contributed by atoms with E-state index in [0.29, 0.717) is 0 Å². The molecule has 114 valence electrons. The fourth-order valence-electron chi connectivity index (χ4n) is 1.66. The molecular formula is C13H11N3O4S2. The van der Waals surface area contributed by atoms with Gasteiger partial charge in [-0.2, -0.15) is 5.26 Å². The van der Waals surface area contributed by atoms with E-state index in [0.717, 1.165) is 0 Å². The monoisotopic (exact) mass is 337 g/mol. The molecule has 2 aromatic rings. The fraction of sp³-hybridized carbons (Fsp3) is 0. The molecule has 3 N–H and O–H groups in total. The Hall–Kier alpha value is -2.41. The Morgan fingerprint density at radius 3 is 2.14 bits per heavy atom. The van der Waals surface area contributed by atoms with Crippen LogP contribution in [0.15, 0.2) is 58.3 Å². The lowest BCUT2D eigenvalue weighted by Crippen LogP contribution is -2.14. The zero-order chi connectivity index (χ0) is 16.4. The largest absolute Gasteiger partial charge is 0.280 e. The molecule has 2 rings (SSSR count). The Kier molecular flexibility index (Phi) is 4.18. The molecule has 0 spiro atoms. The third-order valence-corrected chi connectivity index (χ3v) is 5.02. The van der Waals surface area contributed by atoms with Crippen molar-refractivity contribution in [3.05, 3.63) is 54.1 Å². The minimum Gasteiger partial charge on any atom is -0.280 e. The van der Waals surface area contributed by atoms with Gasteiger partial charge < -0.3 is 0 Å². The molecule has 0 aliphatic carbocycles. The predicted molar refractivity (Wildman–Crippen MR) is 79.8 cm³/mol. The lowest BCUT2D eigenvalue weighted by atomic mass is 10.2. The van der Waals surface area contributed by atoms with Gasteiger partial charge in [0.05, 0.1) is 21.4 Å². The maximum absolute atomic E-state index is 12.2. The first-order chi connectivity index (χ1) is 10.2. The third kappa shape index (κ3) is 3.62. The summed E-state index contributed by atoms with van der Waals surface area (Å²) in [5.74, 6) is 0. The topological polar surface area (TPSA) is 130 Å². The quantitative estimate of drug-likeness (QED) is 0.859. The van der Waals surface area contributed by atoms with E-state index in [1.54, 1.807) is 0 Å². The van der Waals surface area contributed by atoms with Crippen molar-refractivity contribution in [2.45, 2.75) is 9.79 Å². The number of hydrogen-bond donors (Lipinski definition) is 2. The number of nitrogens with zero attached hydrogens (tertiary/aromatic N) is 1. The number of primary sulfonamides is 1. The molecule has 0 atom stereocenters. The van der Waals surface area contributed by atoms with E-state index in [-0.39, 0.29) is 21.0 Å². The number of nitrogens with two attached hydrogens (primary N) is 1. The highest BCUT2D eigenvalue weighted by atomic mass is 32.2. The van der Waals surface area contributed by atoms with Crippen LogP contribution in [0.25, 0.3) is 0 Å². The van der Waals surface area contributed by atoms with Crippen LogP contribution < -0.4 is 9.86 Å². The fourth-order valence-corrected chi connectivity index (χ4v) is 3.28. The number of rotatable bonds is 4. The van der Waals surface area contributed by atoms with E-state index in [2.05, 4.69) is 4.72 Å². The van der Waals surface area contributed by atoms with Gasteiger partial charge in [0.2, 0.25) is 10.0 Å². The third-order valence-electron chi connectivity index (χ3n) is 2.71. The smallest absolute Gasteiger partial charge is 0.261 e. The first kappa shape index (κ1) is 16.0. The standard InChI is InChI=1S/C13H11N3O4S2/c14-9-10-2-1-3-13(8-10)22(19,20)16-11-4-6-12(7-5-11)21(15,17)18/h1-8,16H,(H2,15,17,18). The second-order valence-corrected chi connectivity index (χ2v) is 7.56. The van der Waals surface area contributed by atoms with E-state index in [4.69, 9.17) is 10.4 Å². The Morgan fingerprint density at radius 1 is 0.955 bits per heavy atom. The van der Waals surface area contributed by atoms with Gasteiger partial charge in [0, 0.05) is 5.69 Å². The molecule has 2 aromatic carbocycles. The molecule has 0 aliphatic rings. The highest BCUT2D eigenvalue weighted by molar-refractivity contribution is 7.92. The molecule has 0 fully saturated rings. The molecule has 0 heterocycles. The highest BCUT2D eigenvalue weighted by Crippen LogP contribution is 2.18. The van der Waals surface area contributed by atoms with Crippen molar-refractivity contribution in [1.29, 1.82) is 5.26 Å². The molecule has 0 aromatic heterocycles. The SMILES string of the molecule is N#Cc1cccc(S(=O)(=O)Nc2ccc(S(N)(=O)=O)cc2)c1. The molecule has 0 bridgehead atoms. The first-order valence-electron chi connectivity index (χ1n) is 5.88. The Balaban J connectivity index is 2.31. The molecular weight excluding hydrogens is 326 g/mol. The van der Waals surface area contributed by atoms with Crippen LogP contribution in [0.4, 0.5) is 5.69 Å². The van der Waals surface area contributed by atoms with Crippen LogP contribution in [0.5, 0.6) is 0 Å². The summed E-state index contributed by atoms with van der Waals surface area (Å²) in [6.45, 7) is 0. The summed E-state index contributed by atoms with van der Waals surface area (Å²) < 4.78 is 48.9. The number of hydrogen-bond acceptors (Lipinski definition) is 5. The van der Waals surface area contributed by atoms with Crippen LogP contribution in [-0.4, -0.2) is 16.8 Å². The average Bonchev–Trinajstić information content (AvgIpc) is 2.46. The van der Waals surface area contributed by atoms with Gasteiger partial charge >= 0.3 is 0 Å². The van der Waals surface area contributed by atoms with Gasteiger partial charge in [-0.1, -0.05) is 6.07 Å². The molecule has 0 radical (unpaired) electrons. The molecule has 0 saturated carbocycles. The minimum atomic E-state index is -3.88. The molecule has 22 heavy (non-hydrogen) atoms. The molecule has 0 saturated heterocycles. The summed E-state index contributed by atoms with van der Waals surface area (Å²) in [7, 11) is -7.71. The van der Waals surface area contributed by atoms with Gasteiger partial charge in [0.15, 0.2) is 0 Å². The maximum Gasteiger partial charge on any atom is 0.261 e. The average molecular weight is 337 g/mol. The van der Waals surface area contributed by atoms with E-state index in [1.165, 1.54) is 48.5 Å². The van der Waals surface area contributed by atoms with Crippen molar-refractivity contribution < 1.29 is 16.8 Å². The number of nitrogens with one attached hydrogen (secondary N) is 1. The van der Waals surface area contributed by atoms with Crippen molar-refractivity contribution in [2.75, 3.05) is 4.72 Å². The van der Waals surface area contributed by atoms with Crippen LogP contribution >= 0.6 is 0 Å². The summed E-state index contributed by atoms with van der Waals surface area (Å²) in [6.07, 6.45) is 0. The van der Waals surface area contributed by atoms with Gasteiger partial charge in [0.25, 0.3) is 10.0 Å². The summed E-state index contributed by atoms with van der Waals surface area (Å²) in [5.41, 5.74) is 0.391. The Bertz CT molecular complexity index is 944. The van der Waals surface area contributed by atoms with Crippen molar-refractivity contribution in [2.24, 2.45) is 5.14 Å². The second kappa shape index (κ2) is 5.76. The van der Waals surface area contributed by atoms with Crippen molar-refractivity contribution in [3.8, 4) is 6.07 Å². The van der Waals surface area contributed by atoms with Crippen LogP contribution in [-0.2, 0) is 20.0 Å². The number of sulfonamides is 2. The van der Waals surface area contributed by atoms with E-state index < -0.39 is 20.0 Å². The van der Waals surface area contributed by atoms with Gasteiger partial charge in [-0.15, -0.1) is 0 Å². The Morgan fingerprint density at radius 2 is 1.59 bits per heavy atom. The molecule has 0 unspecified atom stereocenters. The summed E-state index contributed by atoms with van der Waals surface area (Å²) in [6, 6.07) is 12.3. The lowest BCUT2D eigenvalue weighted by Gasteiger charge is -2.08. The zero-order valence-electron chi connectivity index (χ0n) is 11.1. The van der Waals surface area contributed by atoms with Crippen molar-refractivity contribution in [3.63, 3.8) is 0 Å². The van der Waals surface area contributed by atoms with Crippen LogP contribution in [0, 0.1) is 11.3 Å². The summed E-state index contributed by atoms with van der Waals surface area (Å²) in [4.78, 5) is -0.191. The molecule has 0 amide bonds. The van der Waals surface area contributed by atoms with Crippen molar-refractivity contribution >= 4 is 25.7 Å². The molecule has 7 nitrogen and oxygen atoms in total. The van der Waals surface area contributed by atoms with Crippen LogP contribution in [0.3, 0.4) is 0 Å². The number of benzene rings is 2.